The van der Waals surface area contributed by atoms with Crippen molar-refractivity contribution in [2.45, 2.75) is 83.3 Å². The second-order valence-corrected chi connectivity index (χ2v) is 7.39. The molecule has 1 aromatic carbocycles. The Balaban J connectivity index is 1.79. The topological polar surface area (TPSA) is 60.8 Å². The Morgan fingerprint density at radius 3 is 2.28 bits per heavy atom. The number of hydrogen-bond donors (Lipinski definition) is 2. The molecule has 2 N–H and O–H groups in total. The molecule has 0 spiro atoms. The fourth-order valence-electron chi connectivity index (χ4n) is 3.73. The summed E-state index contributed by atoms with van der Waals surface area (Å²) in [6, 6.07) is 7.97. The first-order chi connectivity index (χ1) is 12.0. The van der Waals surface area contributed by atoms with E-state index in [1.54, 1.807) is 6.92 Å². The average molecular weight is 347 g/mol. The van der Waals surface area contributed by atoms with Crippen LogP contribution in [-0.2, 0) is 11.2 Å². The number of nitrogens with zero attached hydrogens (tertiary/aromatic N) is 1. The third-order valence-corrected chi connectivity index (χ3v) is 5.60. The molecule has 1 fully saturated rings. The van der Waals surface area contributed by atoms with E-state index in [2.05, 4.69) is 31.2 Å². The predicted octanol–water partition coefficient (Wildman–Crippen LogP) is 4.39. The molecule has 4 heteroatoms. The first-order valence-electron chi connectivity index (χ1n) is 9.80. The Kier molecular flexibility index (Phi) is 7.30. The van der Waals surface area contributed by atoms with Gasteiger partial charge in [-0.15, -0.1) is 0 Å². The summed E-state index contributed by atoms with van der Waals surface area (Å²) >= 11 is 0. The highest BCUT2D eigenvalue weighted by molar-refractivity contribution is 5.80. The van der Waals surface area contributed by atoms with Crippen LogP contribution in [0.15, 0.2) is 24.3 Å². The summed E-state index contributed by atoms with van der Waals surface area (Å²) in [7, 11) is 0. The van der Waals surface area contributed by atoms with Crippen molar-refractivity contribution in [3.63, 3.8) is 0 Å². The van der Waals surface area contributed by atoms with Crippen LogP contribution in [0.2, 0.25) is 0 Å². The van der Waals surface area contributed by atoms with E-state index in [9.17, 15) is 15.0 Å². The summed E-state index contributed by atoms with van der Waals surface area (Å²) < 4.78 is 0. The lowest BCUT2D eigenvalue weighted by Crippen LogP contribution is -2.48. The second kappa shape index (κ2) is 9.23. The van der Waals surface area contributed by atoms with Crippen LogP contribution < -0.4 is 4.90 Å². The molecule has 0 unspecified atom stereocenters. The number of carboxylic acid groups (broad SMARTS) is 1. The maximum atomic E-state index is 11.3. The van der Waals surface area contributed by atoms with Gasteiger partial charge in [-0.3, -0.25) is 0 Å². The number of benzene rings is 1. The minimum Gasteiger partial charge on any atom is -0.479 e. The number of carboxylic acids is 1. The van der Waals surface area contributed by atoms with Crippen LogP contribution in [0.25, 0.3) is 0 Å². The molecule has 2 rings (SSSR count). The van der Waals surface area contributed by atoms with Gasteiger partial charge in [-0.1, -0.05) is 57.6 Å². The fourth-order valence-corrected chi connectivity index (χ4v) is 3.73. The summed E-state index contributed by atoms with van der Waals surface area (Å²) in [5.74, 6) is -1.13. The molecule has 1 saturated heterocycles. The molecule has 140 valence electrons. The molecule has 1 heterocycles. The zero-order chi connectivity index (χ0) is 18.3. The van der Waals surface area contributed by atoms with Crippen LogP contribution in [0.5, 0.6) is 0 Å². The highest BCUT2D eigenvalue weighted by Gasteiger charge is 2.49. The van der Waals surface area contributed by atoms with Gasteiger partial charge in [0.15, 0.2) is 5.60 Å². The zero-order valence-electron chi connectivity index (χ0n) is 15.7. The van der Waals surface area contributed by atoms with Crippen molar-refractivity contribution in [2.24, 2.45) is 0 Å². The van der Waals surface area contributed by atoms with Gasteiger partial charge in [0.25, 0.3) is 0 Å². The molecule has 0 amide bonds. The molecule has 0 aromatic heterocycles. The number of aryl methyl sites for hydroxylation is 1. The lowest BCUT2D eigenvalue weighted by Gasteiger charge is -2.29. The molecule has 1 aromatic rings. The summed E-state index contributed by atoms with van der Waals surface area (Å²) in [6.07, 6.45) is 10.6. The van der Waals surface area contributed by atoms with Gasteiger partial charge in [-0.05, 0) is 37.5 Å². The monoisotopic (exact) mass is 347 g/mol. The van der Waals surface area contributed by atoms with Crippen LogP contribution in [0, 0.1) is 0 Å². The molecular weight excluding hydrogens is 314 g/mol. The third kappa shape index (κ3) is 4.97. The van der Waals surface area contributed by atoms with Gasteiger partial charge in [-0.25, -0.2) is 4.79 Å². The van der Waals surface area contributed by atoms with E-state index in [-0.39, 0.29) is 6.42 Å². The molecule has 2 atom stereocenters. The number of aliphatic hydroxyl groups is 1. The summed E-state index contributed by atoms with van der Waals surface area (Å²) in [4.78, 5) is 13.3. The number of carbonyl (C=O) groups is 1. The van der Waals surface area contributed by atoms with Gasteiger partial charge >= 0.3 is 5.97 Å². The predicted molar refractivity (Wildman–Crippen MR) is 102 cm³/mol. The highest BCUT2D eigenvalue weighted by atomic mass is 16.4. The number of aliphatic carboxylic acids is 1. The summed E-state index contributed by atoms with van der Waals surface area (Å²) in [5.41, 5.74) is 0.682. The Bertz CT molecular complexity index is 543. The van der Waals surface area contributed by atoms with Crippen molar-refractivity contribution in [1.29, 1.82) is 0 Å². The van der Waals surface area contributed by atoms with Crippen molar-refractivity contribution < 1.29 is 15.0 Å². The van der Waals surface area contributed by atoms with Crippen molar-refractivity contribution in [3.8, 4) is 0 Å². The third-order valence-electron chi connectivity index (χ3n) is 5.60. The Labute approximate surface area is 151 Å². The van der Waals surface area contributed by atoms with Gasteiger partial charge in [0.1, 0.15) is 0 Å². The zero-order valence-corrected chi connectivity index (χ0v) is 15.7. The van der Waals surface area contributed by atoms with Gasteiger partial charge in [0, 0.05) is 18.7 Å². The van der Waals surface area contributed by atoms with Gasteiger partial charge < -0.3 is 15.1 Å². The molecule has 0 aliphatic carbocycles. The standard InChI is InChI=1S/C21H33NO3/c1-3-4-5-6-7-8-9-10-18-11-13-19(14-12-18)22-16-15-21(25,17(22)2)20(23)24/h11-14,17,25H,3-10,15-16H2,1-2H3,(H,23,24)/t17-,21+/m0/s1. The first kappa shape index (κ1) is 19.8. The quantitative estimate of drug-likeness (QED) is 0.616. The molecule has 25 heavy (non-hydrogen) atoms. The summed E-state index contributed by atoms with van der Waals surface area (Å²) in [5, 5.41) is 19.6. The maximum Gasteiger partial charge on any atom is 0.337 e. The molecule has 0 radical (unpaired) electrons. The number of unbranched alkanes of at least 4 members (excludes halogenated alkanes) is 6. The van der Waals surface area contributed by atoms with Crippen LogP contribution in [0.4, 0.5) is 5.69 Å². The maximum absolute atomic E-state index is 11.3. The normalized spacial score (nSPS) is 23.2. The molecule has 1 aliphatic heterocycles. The molecule has 0 saturated carbocycles. The van der Waals surface area contributed by atoms with Gasteiger partial charge in [0.05, 0.1) is 6.04 Å². The average Bonchev–Trinajstić information content (AvgIpc) is 2.91. The Morgan fingerprint density at radius 1 is 1.12 bits per heavy atom. The highest BCUT2D eigenvalue weighted by Crippen LogP contribution is 2.33. The van der Waals surface area contributed by atoms with Crippen molar-refractivity contribution in [1.82, 2.24) is 0 Å². The fraction of sp³-hybridized carbons (Fsp3) is 0.667. The SMILES string of the molecule is CCCCCCCCCc1ccc(N2CC[C@](O)(C(=O)O)[C@@H]2C)cc1. The number of rotatable bonds is 10. The van der Waals surface area contributed by atoms with Crippen LogP contribution in [0.3, 0.4) is 0 Å². The Hall–Kier alpha value is -1.55. The summed E-state index contributed by atoms with van der Waals surface area (Å²) in [6.45, 7) is 4.60. The van der Waals surface area contributed by atoms with E-state index in [0.29, 0.717) is 6.54 Å². The van der Waals surface area contributed by atoms with Crippen molar-refractivity contribution in [3.05, 3.63) is 29.8 Å². The van der Waals surface area contributed by atoms with Crippen LogP contribution in [-0.4, -0.2) is 34.4 Å². The van der Waals surface area contributed by atoms with E-state index < -0.39 is 17.6 Å². The van der Waals surface area contributed by atoms with Gasteiger partial charge in [0.2, 0.25) is 0 Å². The molecule has 0 bridgehead atoms. The largest absolute Gasteiger partial charge is 0.479 e. The van der Waals surface area contributed by atoms with Crippen LogP contribution in [0.1, 0.15) is 70.8 Å². The van der Waals surface area contributed by atoms with E-state index in [1.807, 2.05) is 4.90 Å². The number of hydrogen-bond acceptors (Lipinski definition) is 3. The smallest absolute Gasteiger partial charge is 0.337 e. The molecule has 4 nitrogen and oxygen atoms in total. The minimum atomic E-state index is -1.64. The van der Waals surface area contributed by atoms with E-state index in [1.165, 1.54) is 50.5 Å². The lowest BCUT2D eigenvalue weighted by atomic mass is 9.96. The van der Waals surface area contributed by atoms with E-state index in [4.69, 9.17) is 0 Å². The van der Waals surface area contributed by atoms with Crippen molar-refractivity contribution in [2.75, 3.05) is 11.4 Å². The van der Waals surface area contributed by atoms with Crippen molar-refractivity contribution >= 4 is 11.7 Å². The molecule has 1 aliphatic rings. The second-order valence-electron chi connectivity index (χ2n) is 7.39. The number of anilines is 1. The minimum absolute atomic E-state index is 0.267. The van der Waals surface area contributed by atoms with E-state index >= 15 is 0 Å². The molecular formula is C21H33NO3. The lowest BCUT2D eigenvalue weighted by molar-refractivity contribution is -0.158. The van der Waals surface area contributed by atoms with Crippen LogP contribution >= 0.6 is 0 Å². The Morgan fingerprint density at radius 2 is 1.72 bits per heavy atom. The van der Waals surface area contributed by atoms with Gasteiger partial charge in [-0.2, -0.15) is 0 Å². The first-order valence-corrected chi connectivity index (χ1v) is 9.80. The van der Waals surface area contributed by atoms with E-state index in [0.717, 1.165) is 12.1 Å².